The molecule has 0 unspecified atom stereocenters. The monoisotopic (exact) mass is 367 g/mol. The van der Waals surface area contributed by atoms with Gasteiger partial charge in [0.1, 0.15) is 11.6 Å². The maximum absolute atomic E-state index is 14.2. The molecule has 1 aliphatic heterocycles. The Morgan fingerprint density at radius 3 is 2.96 bits per heavy atom. The topological polar surface area (TPSA) is 49.0 Å². The lowest BCUT2D eigenvalue weighted by Gasteiger charge is -2.45. The van der Waals surface area contributed by atoms with Gasteiger partial charge in [0, 0.05) is 30.1 Å². The Kier molecular flexibility index (Phi) is 3.74. The Morgan fingerprint density at radius 2 is 2.07 bits per heavy atom. The first kappa shape index (κ1) is 16.4. The molecule has 2 atom stereocenters. The molecule has 3 aromatic rings. The number of hydrogen-bond donors (Lipinski definition) is 1. The zero-order valence-corrected chi connectivity index (χ0v) is 14.7. The summed E-state index contributed by atoms with van der Waals surface area (Å²) in [6.07, 6.45) is 4.53. The van der Waals surface area contributed by atoms with Gasteiger partial charge in [-0.1, -0.05) is 0 Å². The van der Waals surface area contributed by atoms with Crippen LogP contribution < -0.4 is 0 Å². The van der Waals surface area contributed by atoms with E-state index in [0.717, 1.165) is 35.5 Å². The molecule has 2 aliphatic rings. The van der Waals surface area contributed by atoms with Crippen LogP contribution in [0.4, 0.5) is 8.78 Å². The van der Waals surface area contributed by atoms with Crippen LogP contribution in [0.25, 0.3) is 11.0 Å². The van der Waals surface area contributed by atoms with E-state index in [-0.39, 0.29) is 17.9 Å². The highest BCUT2D eigenvalue weighted by atomic mass is 19.1. The van der Waals surface area contributed by atoms with Crippen LogP contribution in [0.1, 0.15) is 46.7 Å². The minimum absolute atomic E-state index is 0.00691. The zero-order chi connectivity index (χ0) is 18.5. The van der Waals surface area contributed by atoms with Gasteiger partial charge in [-0.05, 0) is 61.1 Å². The largest absolute Gasteiger partial charge is 0.345 e. The average Bonchev–Trinajstić information content (AvgIpc) is 3.14. The maximum atomic E-state index is 14.2. The third-order valence-corrected chi connectivity index (χ3v) is 5.99. The summed E-state index contributed by atoms with van der Waals surface area (Å²) in [4.78, 5) is 22.3. The number of likely N-dealkylation sites (tertiary alicyclic amines) is 1. The highest BCUT2D eigenvalue weighted by Gasteiger charge is 2.39. The van der Waals surface area contributed by atoms with Crippen LogP contribution in [0.2, 0.25) is 0 Å². The number of amides is 1. The Hall–Kier alpha value is -2.76. The van der Waals surface area contributed by atoms with E-state index >= 15 is 0 Å². The van der Waals surface area contributed by atoms with Gasteiger partial charge in [0.25, 0.3) is 5.91 Å². The third-order valence-electron chi connectivity index (χ3n) is 5.99. The smallest absolute Gasteiger partial charge is 0.254 e. The number of piperidine rings is 1. The van der Waals surface area contributed by atoms with E-state index in [1.54, 1.807) is 12.4 Å². The zero-order valence-electron chi connectivity index (χ0n) is 14.7. The Bertz CT molecular complexity index is 1050. The Balaban J connectivity index is 1.50. The molecule has 0 saturated carbocycles. The number of carbonyl (C=O) groups is 1. The second-order valence-corrected chi connectivity index (χ2v) is 7.44. The van der Waals surface area contributed by atoms with Crippen molar-refractivity contribution < 1.29 is 13.6 Å². The number of fused-ring (bicyclic) bond motifs is 4. The molecule has 2 aromatic carbocycles. The van der Waals surface area contributed by atoms with Crippen molar-refractivity contribution >= 4 is 16.9 Å². The van der Waals surface area contributed by atoms with Crippen molar-refractivity contribution in [3.63, 3.8) is 0 Å². The van der Waals surface area contributed by atoms with Crippen LogP contribution in [0.3, 0.4) is 0 Å². The first-order valence-electron chi connectivity index (χ1n) is 9.34. The number of imidazole rings is 1. The molecule has 1 fully saturated rings. The van der Waals surface area contributed by atoms with E-state index in [1.165, 1.54) is 6.07 Å². The molecule has 0 spiro atoms. The lowest BCUT2D eigenvalue weighted by atomic mass is 9.74. The van der Waals surface area contributed by atoms with E-state index in [4.69, 9.17) is 0 Å². The van der Waals surface area contributed by atoms with E-state index in [0.29, 0.717) is 30.5 Å². The molecule has 5 rings (SSSR count). The number of aromatic nitrogens is 2. The summed E-state index contributed by atoms with van der Waals surface area (Å²) in [6.45, 7) is 0.675. The number of aromatic amines is 1. The van der Waals surface area contributed by atoms with E-state index in [2.05, 4.69) is 9.97 Å². The lowest BCUT2D eigenvalue weighted by Crippen LogP contribution is -2.49. The predicted octanol–water partition coefficient (Wildman–Crippen LogP) is 4.18. The number of rotatable bonds is 1. The molecule has 138 valence electrons. The lowest BCUT2D eigenvalue weighted by molar-refractivity contribution is 0.0545. The molecular formula is C21H19F2N3O. The normalized spacial score (nSPS) is 21.8. The fourth-order valence-electron chi connectivity index (χ4n) is 4.77. The molecule has 1 N–H and O–H groups in total. The highest BCUT2D eigenvalue weighted by Crippen LogP contribution is 2.42. The Labute approximate surface area is 155 Å². The molecule has 4 nitrogen and oxygen atoms in total. The van der Waals surface area contributed by atoms with Gasteiger partial charge in [-0.2, -0.15) is 0 Å². The summed E-state index contributed by atoms with van der Waals surface area (Å²) in [5.74, 6) is -1.04. The van der Waals surface area contributed by atoms with Crippen LogP contribution in [-0.2, 0) is 6.42 Å². The molecule has 27 heavy (non-hydrogen) atoms. The molecule has 1 aromatic heterocycles. The van der Waals surface area contributed by atoms with Crippen LogP contribution >= 0.6 is 0 Å². The number of hydrogen-bond acceptors (Lipinski definition) is 2. The number of benzene rings is 2. The molecule has 1 amide bonds. The van der Waals surface area contributed by atoms with Gasteiger partial charge in [0.2, 0.25) is 0 Å². The second kappa shape index (κ2) is 6.15. The number of nitrogens with one attached hydrogen (secondary N) is 1. The Morgan fingerprint density at radius 1 is 1.19 bits per heavy atom. The van der Waals surface area contributed by atoms with E-state index in [1.807, 2.05) is 17.0 Å². The third kappa shape index (κ3) is 2.62. The first-order valence-corrected chi connectivity index (χ1v) is 9.34. The first-order chi connectivity index (χ1) is 13.1. The molecule has 0 bridgehead atoms. The number of carbonyl (C=O) groups excluding carboxylic acids is 1. The van der Waals surface area contributed by atoms with Gasteiger partial charge in [-0.15, -0.1) is 0 Å². The molecule has 1 aliphatic carbocycles. The molecule has 6 heteroatoms. The summed E-state index contributed by atoms with van der Waals surface area (Å²) in [5.41, 5.74) is 3.62. The minimum atomic E-state index is -0.542. The van der Waals surface area contributed by atoms with Gasteiger partial charge < -0.3 is 9.88 Å². The quantitative estimate of drug-likeness (QED) is 0.702. The van der Waals surface area contributed by atoms with Crippen LogP contribution in [0, 0.1) is 11.6 Å². The molecule has 1 saturated heterocycles. The fourth-order valence-corrected chi connectivity index (χ4v) is 4.77. The van der Waals surface area contributed by atoms with Crippen molar-refractivity contribution in [2.75, 3.05) is 6.54 Å². The van der Waals surface area contributed by atoms with Gasteiger partial charge in [0.05, 0.1) is 17.4 Å². The standard InChI is InChI=1S/C21H19F2N3O/c22-13-9-16-14(17(23)10-13)4-6-20-15(16)2-1-7-26(20)21(27)12-3-5-18-19(8-12)25-11-24-18/h3,5,8-11,15,20H,1-2,4,6-7H2,(H,24,25)/t15-,20+/m0/s1. The highest BCUT2D eigenvalue weighted by molar-refractivity contribution is 5.97. The minimum Gasteiger partial charge on any atom is -0.345 e. The van der Waals surface area contributed by atoms with Crippen molar-refractivity contribution in [1.82, 2.24) is 14.9 Å². The van der Waals surface area contributed by atoms with Crippen LogP contribution in [0.15, 0.2) is 36.7 Å². The molecular weight excluding hydrogens is 348 g/mol. The summed E-state index contributed by atoms with van der Waals surface area (Å²) in [6, 6.07) is 7.86. The molecule has 2 heterocycles. The van der Waals surface area contributed by atoms with Gasteiger partial charge >= 0.3 is 0 Å². The van der Waals surface area contributed by atoms with Gasteiger partial charge in [-0.25, -0.2) is 13.8 Å². The SMILES string of the molecule is O=C(c1ccc2nc[nH]c2c1)N1CCC[C@H]2c3cc(F)cc(F)c3CC[C@H]21. The van der Waals surface area contributed by atoms with Crippen molar-refractivity contribution in [1.29, 1.82) is 0 Å². The van der Waals surface area contributed by atoms with Gasteiger partial charge in [0.15, 0.2) is 0 Å². The maximum Gasteiger partial charge on any atom is 0.254 e. The second-order valence-electron chi connectivity index (χ2n) is 7.44. The summed E-state index contributed by atoms with van der Waals surface area (Å²) >= 11 is 0. The molecule has 0 radical (unpaired) electrons. The van der Waals surface area contributed by atoms with Crippen molar-refractivity contribution in [2.24, 2.45) is 0 Å². The van der Waals surface area contributed by atoms with Crippen LogP contribution in [0.5, 0.6) is 0 Å². The van der Waals surface area contributed by atoms with E-state index < -0.39 is 11.6 Å². The predicted molar refractivity (Wildman–Crippen MR) is 97.6 cm³/mol. The average molecular weight is 367 g/mol. The van der Waals surface area contributed by atoms with Crippen molar-refractivity contribution in [2.45, 2.75) is 37.6 Å². The summed E-state index contributed by atoms with van der Waals surface area (Å²) in [7, 11) is 0. The fraction of sp³-hybridized carbons (Fsp3) is 0.333. The number of H-pyrrole nitrogens is 1. The van der Waals surface area contributed by atoms with Crippen molar-refractivity contribution in [3.05, 3.63) is 65.0 Å². The van der Waals surface area contributed by atoms with Crippen LogP contribution in [-0.4, -0.2) is 33.4 Å². The summed E-state index contributed by atoms with van der Waals surface area (Å²) < 4.78 is 28.0. The summed E-state index contributed by atoms with van der Waals surface area (Å²) in [5, 5.41) is 0. The van der Waals surface area contributed by atoms with Gasteiger partial charge in [-0.3, -0.25) is 4.79 Å². The number of nitrogens with zero attached hydrogens (tertiary/aromatic N) is 2. The number of halogens is 2. The van der Waals surface area contributed by atoms with Crippen molar-refractivity contribution in [3.8, 4) is 0 Å². The van der Waals surface area contributed by atoms with E-state index in [9.17, 15) is 13.6 Å².